The van der Waals surface area contributed by atoms with Gasteiger partial charge in [-0.1, -0.05) is 6.07 Å². The highest BCUT2D eigenvalue weighted by molar-refractivity contribution is 5.87. The molecule has 4 atom stereocenters. The Balaban J connectivity index is 1.64. The number of ether oxygens (including phenoxy) is 3. The molecule has 25 heavy (non-hydrogen) atoms. The Labute approximate surface area is 143 Å². The van der Waals surface area contributed by atoms with Gasteiger partial charge in [-0.25, -0.2) is 9.59 Å². The molecular formula is C17H18O8. The number of esters is 2. The van der Waals surface area contributed by atoms with Crippen molar-refractivity contribution in [1.29, 1.82) is 0 Å². The van der Waals surface area contributed by atoms with Crippen LogP contribution >= 0.6 is 0 Å². The number of hydrogen-bond donors (Lipinski definition) is 3. The summed E-state index contributed by atoms with van der Waals surface area (Å²) in [6, 6.07) is 4.59. The lowest BCUT2D eigenvalue weighted by atomic mass is 9.82. The Bertz CT molecular complexity index is 727. The third-order valence-corrected chi connectivity index (χ3v) is 4.34. The SMILES string of the molecule is COc1ccc(C=CC(=O)OC2C(O)CC3(O)CC2OC3=O)cc1O. The molecule has 4 unspecified atom stereocenters. The third-order valence-electron chi connectivity index (χ3n) is 4.34. The Hall–Kier alpha value is -2.58. The van der Waals surface area contributed by atoms with Gasteiger partial charge < -0.3 is 29.5 Å². The lowest BCUT2D eigenvalue weighted by molar-refractivity contribution is -0.165. The molecule has 1 aromatic rings. The monoisotopic (exact) mass is 350 g/mol. The minimum Gasteiger partial charge on any atom is -0.504 e. The van der Waals surface area contributed by atoms with Gasteiger partial charge in [0.2, 0.25) is 0 Å². The second kappa shape index (κ2) is 6.38. The summed E-state index contributed by atoms with van der Waals surface area (Å²) in [5.41, 5.74) is -1.16. The van der Waals surface area contributed by atoms with Crippen molar-refractivity contribution in [2.24, 2.45) is 0 Å². The van der Waals surface area contributed by atoms with E-state index in [2.05, 4.69) is 0 Å². The number of rotatable bonds is 4. The molecule has 1 aliphatic heterocycles. The minimum absolute atomic E-state index is 0.0170. The molecule has 0 amide bonds. The molecule has 1 heterocycles. The maximum absolute atomic E-state index is 12.0. The van der Waals surface area contributed by atoms with Crippen molar-refractivity contribution in [1.82, 2.24) is 0 Å². The molecule has 1 saturated heterocycles. The standard InChI is InChI=1S/C17H18O8/c1-23-12-4-2-9(6-10(12)18)3-5-14(20)25-15-11(19)7-17(22)8-13(15)24-16(17)21/h2-6,11,13,15,18-19,22H,7-8H2,1H3. The van der Waals surface area contributed by atoms with E-state index in [1.165, 1.54) is 19.3 Å². The van der Waals surface area contributed by atoms with Crippen LogP contribution in [-0.4, -0.2) is 58.3 Å². The van der Waals surface area contributed by atoms with Crippen molar-refractivity contribution in [3.63, 3.8) is 0 Å². The maximum Gasteiger partial charge on any atom is 0.338 e. The second-order valence-electron chi connectivity index (χ2n) is 6.12. The van der Waals surface area contributed by atoms with Gasteiger partial charge in [-0.15, -0.1) is 0 Å². The zero-order chi connectivity index (χ0) is 18.2. The van der Waals surface area contributed by atoms with Crippen LogP contribution in [0.4, 0.5) is 0 Å². The Morgan fingerprint density at radius 1 is 1.40 bits per heavy atom. The predicted molar refractivity (Wildman–Crippen MR) is 83.6 cm³/mol. The molecule has 1 aliphatic carbocycles. The molecule has 2 bridgehead atoms. The maximum atomic E-state index is 12.0. The number of aromatic hydroxyl groups is 1. The van der Waals surface area contributed by atoms with Crippen LogP contribution in [-0.2, 0) is 19.1 Å². The molecule has 0 spiro atoms. The van der Waals surface area contributed by atoms with E-state index in [9.17, 15) is 24.9 Å². The first-order valence-electron chi connectivity index (χ1n) is 7.69. The van der Waals surface area contributed by atoms with E-state index in [0.29, 0.717) is 11.3 Å². The van der Waals surface area contributed by atoms with Gasteiger partial charge in [-0.05, 0) is 23.8 Å². The highest BCUT2D eigenvalue weighted by Gasteiger charge is 2.58. The highest BCUT2D eigenvalue weighted by atomic mass is 16.6. The molecule has 2 fully saturated rings. The number of carbonyl (C=O) groups is 2. The summed E-state index contributed by atoms with van der Waals surface area (Å²) in [4.78, 5) is 23.5. The molecule has 1 saturated carbocycles. The Kier molecular flexibility index (Phi) is 4.40. The topological polar surface area (TPSA) is 123 Å². The van der Waals surface area contributed by atoms with Crippen LogP contribution in [0.15, 0.2) is 24.3 Å². The zero-order valence-electron chi connectivity index (χ0n) is 13.4. The molecule has 3 N–H and O–H groups in total. The largest absolute Gasteiger partial charge is 0.504 e. The predicted octanol–water partition coefficient (Wildman–Crippen LogP) is 0.137. The van der Waals surface area contributed by atoms with Gasteiger partial charge in [0.25, 0.3) is 0 Å². The molecular weight excluding hydrogens is 332 g/mol. The minimum atomic E-state index is -1.70. The van der Waals surface area contributed by atoms with E-state index in [1.807, 2.05) is 0 Å². The van der Waals surface area contributed by atoms with Crippen LogP contribution < -0.4 is 4.74 Å². The summed E-state index contributed by atoms with van der Waals surface area (Å²) in [5.74, 6) is -1.31. The molecule has 0 aromatic heterocycles. The Morgan fingerprint density at radius 3 is 2.84 bits per heavy atom. The van der Waals surface area contributed by atoms with E-state index in [-0.39, 0.29) is 18.6 Å². The van der Waals surface area contributed by atoms with Crippen molar-refractivity contribution >= 4 is 18.0 Å². The quantitative estimate of drug-likeness (QED) is 0.518. The Morgan fingerprint density at radius 2 is 2.16 bits per heavy atom. The normalized spacial score (nSPS) is 31.0. The van der Waals surface area contributed by atoms with Crippen LogP contribution in [0.3, 0.4) is 0 Å². The van der Waals surface area contributed by atoms with Crippen LogP contribution in [0, 0.1) is 0 Å². The summed E-state index contributed by atoms with van der Waals surface area (Å²) in [5, 5.41) is 29.7. The van der Waals surface area contributed by atoms with E-state index in [4.69, 9.17) is 14.2 Å². The number of phenolic OH excluding ortho intramolecular Hbond substituents is 1. The van der Waals surface area contributed by atoms with E-state index in [1.54, 1.807) is 12.1 Å². The number of phenols is 1. The number of fused-ring (bicyclic) bond motifs is 2. The zero-order valence-corrected chi connectivity index (χ0v) is 13.4. The summed E-state index contributed by atoms with van der Waals surface area (Å²) in [6.45, 7) is 0. The molecule has 1 aromatic carbocycles. The first-order chi connectivity index (χ1) is 11.8. The fourth-order valence-electron chi connectivity index (χ4n) is 3.07. The van der Waals surface area contributed by atoms with Gasteiger partial charge in [0.15, 0.2) is 23.2 Å². The molecule has 134 valence electrons. The highest BCUT2D eigenvalue weighted by Crippen LogP contribution is 2.39. The first kappa shape index (κ1) is 17.2. The van der Waals surface area contributed by atoms with Crippen LogP contribution in [0.25, 0.3) is 6.08 Å². The van der Waals surface area contributed by atoms with Gasteiger partial charge in [-0.2, -0.15) is 0 Å². The third kappa shape index (κ3) is 3.31. The molecule has 3 rings (SSSR count). The molecule has 0 radical (unpaired) electrons. The number of methoxy groups -OCH3 is 1. The van der Waals surface area contributed by atoms with Crippen molar-refractivity contribution in [2.45, 2.75) is 36.8 Å². The van der Waals surface area contributed by atoms with Crippen molar-refractivity contribution in [3.05, 3.63) is 29.8 Å². The first-order valence-corrected chi connectivity index (χ1v) is 7.69. The smallest absolute Gasteiger partial charge is 0.338 e. The number of hydrogen-bond acceptors (Lipinski definition) is 8. The lowest BCUT2D eigenvalue weighted by Crippen LogP contribution is -2.50. The summed E-state index contributed by atoms with van der Waals surface area (Å²) >= 11 is 0. The molecule has 8 heteroatoms. The van der Waals surface area contributed by atoms with E-state index in [0.717, 1.165) is 6.08 Å². The van der Waals surface area contributed by atoms with Gasteiger partial charge in [0, 0.05) is 18.9 Å². The number of aliphatic hydroxyl groups excluding tert-OH is 1. The fourth-order valence-corrected chi connectivity index (χ4v) is 3.07. The van der Waals surface area contributed by atoms with Crippen LogP contribution in [0.1, 0.15) is 18.4 Å². The van der Waals surface area contributed by atoms with Gasteiger partial charge in [-0.3, -0.25) is 0 Å². The van der Waals surface area contributed by atoms with E-state index < -0.39 is 35.9 Å². The number of aliphatic hydroxyl groups is 2. The van der Waals surface area contributed by atoms with Gasteiger partial charge in [0.05, 0.1) is 13.2 Å². The van der Waals surface area contributed by atoms with Gasteiger partial charge >= 0.3 is 11.9 Å². The average Bonchev–Trinajstić information content (AvgIpc) is 2.80. The summed E-state index contributed by atoms with van der Waals surface area (Å²) < 4.78 is 15.1. The summed E-state index contributed by atoms with van der Waals surface area (Å²) in [6.07, 6.45) is -0.804. The second-order valence-corrected chi connectivity index (χ2v) is 6.12. The molecule has 2 aliphatic rings. The van der Waals surface area contributed by atoms with Crippen LogP contribution in [0.5, 0.6) is 11.5 Å². The van der Waals surface area contributed by atoms with E-state index >= 15 is 0 Å². The number of carbonyl (C=O) groups excluding carboxylic acids is 2. The van der Waals surface area contributed by atoms with Gasteiger partial charge in [0.1, 0.15) is 6.10 Å². The summed E-state index contributed by atoms with van der Waals surface area (Å²) in [7, 11) is 1.42. The fraction of sp³-hybridized carbons (Fsp3) is 0.412. The number of benzene rings is 1. The van der Waals surface area contributed by atoms with Crippen LogP contribution in [0.2, 0.25) is 0 Å². The van der Waals surface area contributed by atoms with Crippen molar-refractivity contribution < 1.29 is 39.1 Å². The lowest BCUT2D eigenvalue weighted by Gasteiger charge is -2.32. The average molecular weight is 350 g/mol. The molecule has 8 nitrogen and oxygen atoms in total. The van der Waals surface area contributed by atoms with Crippen molar-refractivity contribution in [3.8, 4) is 11.5 Å². The van der Waals surface area contributed by atoms with Crippen molar-refractivity contribution in [2.75, 3.05) is 7.11 Å².